The number of nitrogens with two attached hydrogens (primary N) is 1. The minimum Gasteiger partial charge on any atom is -0.382 e. The van der Waals surface area contributed by atoms with E-state index in [9.17, 15) is 0 Å². The van der Waals surface area contributed by atoms with E-state index < -0.39 is 0 Å². The Kier molecular flexibility index (Phi) is 4.94. The lowest BCUT2D eigenvalue weighted by atomic mass is 10.1. The smallest absolute Gasteiger partial charge is 0.141 e. The van der Waals surface area contributed by atoms with E-state index in [1.165, 1.54) is 6.42 Å². The van der Waals surface area contributed by atoms with Crippen molar-refractivity contribution in [2.75, 3.05) is 18.0 Å². The Labute approximate surface area is 103 Å². The van der Waals surface area contributed by atoms with Gasteiger partial charge in [-0.15, -0.1) is 0 Å². The van der Waals surface area contributed by atoms with Crippen molar-refractivity contribution in [3.05, 3.63) is 24.0 Å². The van der Waals surface area contributed by atoms with Gasteiger partial charge in [0, 0.05) is 25.0 Å². The lowest BCUT2D eigenvalue weighted by molar-refractivity contribution is 0.548. The van der Waals surface area contributed by atoms with Crippen LogP contribution in [0.4, 0.5) is 5.69 Å². The minimum absolute atomic E-state index is 0.0199. The van der Waals surface area contributed by atoms with Gasteiger partial charge in [0.1, 0.15) is 11.5 Å². The summed E-state index contributed by atoms with van der Waals surface area (Å²) in [5.41, 5.74) is 7.09. The molecule has 0 amide bonds. The molecule has 0 aliphatic carbocycles. The van der Waals surface area contributed by atoms with E-state index in [1.807, 2.05) is 12.1 Å². The zero-order chi connectivity index (χ0) is 12.8. The first kappa shape index (κ1) is 13.5. The Hall–Kier alpha value is -1.58. The molecule has 0 fully saturated rings. The van der Waals surface area contributed by atoms with Crippen LogP contribution in [0.25, 0.3) is 0 Å². The highest BCUT2D eigenvalue weighted by Crippen LogP contribution is 2.16. The Bertz CT molecular complexity index is 375. The van der Waals surface area contributed by atoms with Gasteiger partial charge >= 0.3 is 0 Å². The van der Waals surface area contributed by atoms with Gasteiger partial charge in [-0.2, -0.15) is 0 Å². The molecule has 0 saturated heterocycles. The summed E-state index contributed by atoms with van der Waals surface area (Å²) < 4.78 is 0. The number of aromatic nitrogens is 1. The molecule has 3 N–H and O–H groups in total. The molecule has 1 heterocycles. The predicted molar refractivity (Wildman–Crippen MR) is 72.6 cm³/mol. The van der Waals surface area contributed by atoms with E-state index in [0.717, 1.165) is 18.8 Å². The van der Waals surface area contributed by atoms with E-state index in [2.05, 4.69) is 30.7 Å². The Morgan fingerprint density at radius 2 is 2.24 bits per heavy atom. The van der Waals surface area contributed by atoms with Crippen LogP contribution in [0.15, 0.2) is 18.3 Å². The average Bonchev–Trinajstić information content (AvgIpc) is 2.35. The third-order valence-corrected chi connectivity index (χ3v) is 3.00. The van der Waals surface area contributed by atoms with Crippen molar-refractivity contribution < 1.29 is 0 Å². The summed E-state index contributed by atoms with van der Waals surface area (Å²) >= 11 is 0. The van der Waals surface area contributed by atoms with Gasteiger partial charge in [0.25, 0.3) is 0 Å². The normalized spacial score (nSPS) is 12.2. The quantitative estimate of drug-likeness (QED) is 0.586. The molecule has 0 aliphatic heterocycles. The summed E-state index contributed by atoms with van der Waals surface area (Å²) in [6.45, 7) is 8.55. The lowest BCUT2D eigenvalue weighted by Crippen LogP contribution is -2.28. The number of nitrogens with one attached hydrogen (secondary N) is 1. The second-order valence-corrected chi connectivity index (χ2v) is 4.37. The van der Waals surface area contributed by atoms with Gasteiger partial charge in [0.05, 0.1) is 0 Å². The largest absolute Gasteiger partial charge is 0.382 e. The molecule has 0 bridgehead atoms. The van der Waals surface area contributed by atoms with Crippen molar-refractivity contribution in [3.8, 4) is 0 Å². The van der Waals surface area contributed by atoms with E-state index in [1.54, 1.807) is 6.20 Å². The molecule has 1 atom stereocenters. The van der Waals surface area contributed by atoms with Crippen molar-refractivity contribution in [1.82, 2.24) is 4.98 Å². The van der Waals surface area contributed by atoms with Gasteiger partial charge < -0.3 is 10.6 Å². The van der Waals surface area contributed by atoms with Crippen molar-refractivity contribution in [1.29, 1.82) is 5.41 Å². The zero-order valence-corrected chi connectivity index (χ0v) is 10.9. The highest BCUT2D eigenvalue weighted by atomic mass is 15.1. The number of anilines is 1. The van der Waals surface area contributed by atoms with Crippen LogP contribution in [0, 0.1) is 11.3 Å². The molecule has 0 spiro atoms. The van der Waals surface area contributed by atoms with Gasteiger partial charge in [0.2, 0.25) is 0 Å². The number of hydrogen-bond donors (Lipinski definition) is 2. The molecule has 17 heavy (non-hydrogen) atoms. The fraction of sp³-hybridized carbons (Fsp3) is 0.538. The monoisotopic (exact) mass is 234 g/mol. The van der Waals surface area contributed by atoms with Crippen LogP contribution in [-0.2, 0) is 0 Å². The van der Waals surface area contributed by atoms with E-state index in [-0.39, 0.29) is 5.84 Å². The Morgan fingerprint density at radius 3 is 2.76 bits per heavy atom. The number of hydrogen-bond acceptors (Lipinski definition) is 3. The second kappa shape index (κ2) is 6.23. The third-order valence-electron chi connectivity index (χ3n) is 3.00. The van der Waals surface area contributed by atoms with Crippen molar-refractivity contribution in [3.63, 3.8) is 0 Å². The first-order valence-corrected chi connectivity index (χ1v) is 6.13. The summed E-state index contributed by atoms with van der Waals surface area (Å²) in [7, 11) is 0. The molecule has 94 valence electrons. The van der Waals surface area contributed by atoms with Crippen LogP contribution in [0.5, 0.6) is 0 Å². The van der Waals surface area contributed by atoms with Gasteiger partial charge in [-0.1, -0.05) is 20.3 Å². The fourth-order valence-electron chi connectivity index (χ4n) is 1.69. The highest BCUT2D eigenvalue weighted by molar-refractivity contribution is 5.93. The summed E-state index contributed by atoms with van der Waals surface area (Å²) in [4.78, 5) is 6.37. The average molecular weight is 234 g/mol. The molecular weight excluding hydrogens is 212 g/mol. The van der Waals surface area contributed by atoms with Crippen LogP contribution in [-0.4, -0.2) is 23.9 Å². The van der Waals surface area contributed by atoms with Gasteiger partial charge in [-0.3, -0.25) is 10.4 Å². The number of rotatable bonds is 6. The molecule has 1 unspecified atom stereocenters. The lowest BCUT2D eigenvalue weighted by Gasteiger charge is -2.26. The third kappa shape index (κ3) is 3.73. The number of pyridine rings is 1. The topological polar surface area (TPSA) is 66.0 Å². The Balaban J connectivity index is 2.88. The first-order chi connectivity index (χ1) is 8.08. The van der Waals surface area contributed by atoms with Crippen molar-refractivity contribution in [2.45, 2.75) is 27.2 Å². The van der Waals surface area contributed by atoms with Crippen LogP contribution < -0.4 is 10.6 Å². The SMILES string of the molecule is CCC(C)CN(CC)c1ccnc(C(=N)N)c1. The summed E-state index contributed by atoms with van der Waals surface area (Å²) in [6, 6.07) is 3.85. The van der Waals surface area contributed by atoms with Crippen molar-refractivity contribution in [2.24, 2.45) is 11.7 Å². The maximum atomic E-state index is 7.40. The standard InChI is InChI=1S/C13H22N4/c1-4-10(3)9-17(5-2)11-6-7-16-12(8-11)13(14)15/h6-8,10H,4-5,9H2,1-3H3,(H3,14,15). The summed E-state index contributed by atoms with van der Waals surface area (Å²) in [5, 5.41) is 7.40. The number of nitrogen functional groups attached to an aromatic ring is 1. The van der Waals surface area contributed by atoms with E-state index >= 15 is 0 Å². The van der Waals surface area contributed by atoms with Crippen LogP contribution in [0.1, 0.15) is 32.9 Å². The van der Waals surface area contributed by atoms with E-state index in [0.29, 0.717) is 11.6 Å². The van der Waals surface area contributed by atoms with Crippen LogP contribution >= 0.6 is 0 Å². The molecule has 0 aliphatic rings. The summed E-state index contributed by atoms with van der Waals surface area (Å²) in [5.74, 6) is 0.676. The number of amidine groups is 1. The molecule has 1 rings (SSSR count). The molecule has 0 radical (unpaired) electrons. The van der Waals surface area contributed by atoms with Crippen LogP contribution in [0.2, 0.25) is 0 Å². The Morgan fingerprint density at radius 1 is 1.53 bits per heavy atom. The molecule has 0 aromatic carbocycles. The van der Waals surface area contributed by atoms with Gasteiger partial charge in [-0.25, -0.2) is 0 Å². The van der Waals surface area contributed by atoms with E-state index in [4.69, 9.17) is 11.1 Å². The second-order valence-electron chi connectivity index (χ2n) is 4.37. The highest BCUT2D eigenvalue weighted by Gasteiger charge is 2.09. The first-order valence-electron chi connectivity index (χ1n) is 6.13. The maximum absolute atomic E-state index is 7.40. The molecule has 0 saturated carbocycles. The minimum atomic E-state index is 0.0199. The number of nitrogens with zero attached hydrogens (tertiary/aromatic N) is 2. The zero-order valence-electron chi connectivity index (χ0n) is 10.9. The van der Waals surface area contributed by atoms with Crippen LogP contribution in [0.3, 0.4) is 0 Å². The summed E-state index contributed by atoms with van der Waals surface area (Å²) in [6.07, 6.45) is 2.88. The predicted octanol–water partition coefficient (Wildman–Crippen LogP) is 2.24. The fourth-order valence-corrected chi connectivity index (χ4v) is 1.69. The van der Waals surface area contributed by atoms with Gasteiger partial charge in [0.15, 0.2) is 0 Å². The molecule has 1 aromatic rings. The molecule has 4 nitrogen and oxygen atoms in total. The molecule has 4 heteroatoms. The van der Waals surface area contributed by atoms with Gasteiger partial charge in [-0.05, 0) is 25.0 Å². The maximum Gasteiger partial charge on any atom is 0.141 e. The van der Waals surface area contributed by atoms with Crippen molar-refractivity contribution >= 4 is 11.5 Å². The molecular formula is C13H22N4. The molecule has 1 aromatic heterocycles.